The quantitative estimate of drug-likeness (QED) is 0.645. The Kier molecular flexibility index (Phi) is 4.83. The van der Waals surface area contributed by atoms with Gasteiger partial charge in [0, 0.05) is 18.5 Å². The highest BCUT2D eigenvalue weighted by Crippen LogP contribution is 2.39. The van der Waals surface area contributed by atoms with Gasteiger partial charge in [-0.1, -0.05) is 13.8 Å². The van der Waals surface area contributed by atoms with Crippen LogP contribution in [-0.4, -0.2) is 30.8 Å². The lowest BCUT2D eigenvalue weighted by molar-refractivity contribution is -0.119. The molecule has 0 aliphatic heterocycles. The second kappa shape index (κ2) is 6.18. The first-order chi connectivity index (χ1) is 8.67. The van der Waals surface area contributed by atoms with Crippen molar-refractivity contribution < 1.29 is 4.79 Å². The van der Waals surface area contributed by atoms with Gasteiger partial charge in [-0.15, -0.1) is 0 Å². The van der Waals surface area contributed by atoms with Gasteiger partial charge in [0.25, 0.3) is 0 Å². The average molecular weight is 251 g/mol. The number of hydrogen-bond acceptors (Lipinski definition) is 2. The smallest absolute Gasteiger partial charge is 0.127 e. The van der Waals surface area contributed by atoms with Gasteiger partial charge < -0.3 is 9.69 Å². The molecule has 0 spiro atoms. The molecule has 18 heavy (non-hydrogen) atoms. The molecule has 0 aromatic heterocycles. The molecule has 2 heteroatoms. The van der Waals surface area contributed by atoms with Gasteiger partial charge in [0.2, 0.25) is 0 Å². The fraction of sp³-hybridized carbons (Fsp3) is 0.938. The topological polar surface area (TPSA) is 20.3 Å². The normalized spacial score (nSPS) is 32.7. The van der Waals surface area contributed by atoms with Gasteiger partial charge >= 0.3 is 0 Å². The lowest BCUT2D eigenvalue weighted by atomic mass is 9.71. The number of carbonyl (C=O) groups excluding carboxylic acids is 1. The van der Waals surface area contributed by atoms with Crippen molar-refractivity contribution in [1.82, 2.24) is 4.90 Å². The van der Waals surface area contributed by atoms with Crippen molar-refractivity contribution in [2.75, 3.05) is 19.6 Å². The highest BCUT2D eigenvalue weighted by molar-refractivity contribution is 5.60. The molecule has 0 radical (unpaired) electrons. The Hall–Kier alpha value is -0.370. The van der Waals surface area contributed by atoms with Gasteiger partial charge in [-0.2, -0.15) is 0 Å². The Morgan fingerprint density at radius 3 is 2.39 bits per heavy atom. The van der Waals surface area contributed by atoms with E-state index >= 15 is 0 Å². The van der Waals surface area contributed by atoms with Crippen LogP contribution in [0.1, 0.15) is 58.8 Å². The Morgan fingerprint density at radius 2 is 1.89 bits per heavy atom. The van der Waals surface area contributed by atoms with E-state index in [1.807, 2.05) is 0 Å². The van der Waals surface area contributed by atoms with Gasteiger partial charge in [0.1, 0.15) is 6.29 Å². The first-order valence-corrected chi connectivity index (χ1v) is 7.86. The molecule has 0 saturated heterocycles. The van der Waals surface area contributed by atoms with Crippen LogP contribution < -0.4 is 0 Å². The van der Waals surface area contributed by atoms with Crippen molar-refractivity contribution in [3.05, 3.63) is 0 Å². The molecule has 2 saturated carbocycles. The number of hydrogen-bond donors (Lipinski definition) is 0. The monoisotopic (exact) mass is 251 g/mol. The molecule has 0 amide bonds. The van der Waals surface area contributed by atoms with Crippen LogP contribution in [0.15, 0.2) is 0 Å². The Labute approximate surface area is 112 Å². The zero-order chi connectivity index (χ0) is 13.0. The minimum atomic E-state index is -0.0173. The molecular formula is C16H29NO. The maximum atomic E-state index is 11.6. The fourth-order valence-corrected chi connectivity index (χ4v) is 3.31. The Bertz CT molecular complexity index is 264. The molecule has 104 valence electrons. The lowest BCUT2D eigenvalue weighted by Gasteiger charge is -2.39. The molecule has 2 rings (SSSR count). The minimum absolute atomic E-state index is 0.0173. The largest absolute Gasteiger partial charge is 0.303 e. The summed E-state index contributed by atoms with van der Waals surface area (Å²) in [4.78, 5) is 14.2. The first-order valence-electron chi connectivity index (χ1n) is 7.86. The molecular weight excluding hydrogens is 222 g/mol. The number of aldehydes is 1. The molecule has 0 N–H and O–H groups in total. The minimum Gasteiger partial charge on any atom is -0.303 e. The summed E-state index contributed by atoms with van der Waals surface area (Å²) in [6.07, 6.45) is 10.0. The van der Waals surface area contributed by atoms with E-state index < -0.39 is 0 Å². The van der Waals surface area contributed by atoms with Crippen LogP contribution in [0.4, 0.5) is 0 Å². The molecule has 2 aliphatic carbocycles. The highest BCUT2D eigenvalue weighted by atomic mass is 16.1. The Morgan fingerprint density at radius 1 is 1.22 bits per heavy atom. The molecule has 0 heterocycles. The first kappa shape index (κ1) is 14.0. The molecule has 0 atom stereocenters. The summed E-state index contributed by atoms with van der Waals surface area (Å²) >= 11 is 0. The molecule has 0 unspecified atom stereocenters. The van der Waals surface area contributed by atoms with E-state index in [-0.39, 0.29) is 5.41 Å². The van der Waals surface area contributed by atoms with E-state index in [1.54, 1.807) is 0 Å². The van der Waals surface area contributed by atoms with Crippen LogP contribution in [0.5, 0.6) is 0 Å². The maximum absolute atomic E-state index is 11.6. The van der Waals surface area contributed by atoms with Crippen LogP contribution in [-0.2, 0) is 4.79 Å². The van der Waals surface area contributed by atoms with Crippen molar-refractivity contribution in [3.63, 3.8) is 0 Å². The van der Waals surface area contributed by atoms with Crippen molar-refractivity contribution in [1.29, 1.82) is 0 Å². The number of rotatable bonds is 7. The van der Waals surface area contributed by atoms with Gasteiger partial charge in [-0.25, -0.2) is 0 Å². The molecule has 0 aromatic rings. The standard InChI is InChI=1S/C16H29NO/c1-3-10-17(11-15-4-5-15)12-16(13-18)8-6-14(2)7-9-16/h13-15H,3-12H2,1-2H3. The van der Waals surface area contributed by atoms with Crippen LogP contribution in [0.2, 0.25) is 0 Å². The van der Waals surface area contributed by atoms with E-state index in [9.17, 15) is 4.79 Å². The van der Waals surface area contributed by atoms with E-state index in [2.05, 4.69) is 18.7 Å². The van der Waals surface area contributed by atoms with Crippen LogP contribution in [0.25, 0.3) is 0 Å². The van der Waals surface area contributed by atoms with E-state index in [0.29, 0.717) is 0 Å². The van der Waals surface area contributed by atoms with E-state index in [1.165, 1.54) is 51.5 Å². The third-order valence-electron chi connectivity index (χ3n) is 4.81. The molecule has 2 nitrogen and oxygen atoms in total. The third kappa shape index (κ3) is 3.81. The summed E-state index contributed by atoms with van der Waals surface area (Å²) < 4.78 is 0. The molecule has 0 bridgehead atoms. The Balaban J connectivity index is 1.91. The summed E-state index contributed by atoms with van der Waals surface area (Å²) in [6.45, 7) is 7.99. The third-order valence-corrected chi connectivity index (χ3v) is 4.81. The van der Waals surface area contributed by atoms with E-state index in [0.717, 1.165) is 31.2 Å². The highest BCUT2D eigenvalue weighted by Gasteiger charge is 2.36. The molecule has 0 aromatic carbocycles. The second-order valence-electron chi connectivity index (χ2n) is 6.84. The van der Waals surface area contributed by atoms with Crippen molar-refractivity contribution in [2.24, 2.45) is 17.3 Å². The summed E-state index contributed by atoms with van der Waals surface area (Å²) in [5.41, 5.74) is -0.0173. The number of carbonyl (C=O) groups is 1. The molecule has 2 aliphatic rings. The fourth-order valence-electron chi connectivity index (χ4n) is 3.31. The predicted molar refractivity (Wildman–Crippen MR) is 75.6 cm³/mol. The molecule has 2 fully saturated rings. The zero-order valence-electron chi connectivity index (χ0n) is 12.2. The van der Waals surface area contributed by atoms with Crippen LogP contribution in [0.3, 0.4) is 0 Å². The van der Waals surface area contributed by atoms with Crippen LogP contribution in [0, 0.1) is 17.3 Å². The zero-order valence-corrected chi connectivity index (χ0v) is 12.2. The van der Waals surface area contributed by atoms with Crippen molar-refractivity contribution in [2.45, 2.75) is 58.8 Å². The van der Waals surface area contributed by atoms with Gasteiger partial charge in [0.15, 0.2) is 0 Å². The summed E-state index contributed by atoms with van der Waals surface area (Å²) in [6, 6.07) is 0. The van der Waals surface area contributed by atoms with Gasteiger partial charge in [0.05, 0.1) is 0 Å². The number of nitrogens with zero attached hydrogens (tertiary/aromatic N) is 1. The van der Waals surface area contributed by atoms with Gasteiger partial charge in [-0.05, 0) is 63.3 Å². The van der Waals surface area contributed by atoms with Gasteiger partial charge in [-0.3, -0.25) is 0 Å². The predicted octanol–water partition coefficient (Wildman–Crippen LogP) is 3.50. The van der Waals surface area contributed by atoms with Crippen molar-refractivity contribution >= 4 is 6.29 Å². The SMILES string of the molecule is CCCN(CC1CC1)CC1(C=O)CCC(C)CC1. The summed E-state index contributed by atoms with van der Waals surface area (Å²) in [5.74, 6) is 1.75. The summed E-state index contributed by atoms with van der Waals surface area (Å²) in [7, 11) is 0. The lowest BCUT2D eigenvalue weighted by Crippen LogP contribution is -2.42. The summed E-state index contributed by atoms with van der Waals surface area (Å²) in [5, 5.41) is 0. The van der Waals surface area contributed by atoms with Crippen LogP contribution >= 0.6 is 0 Å². The second-order valence-corrected chi connectivity index (χ2v) is 6.84. The maximum Gasteiger partial charge on any atom is 0.127 e. The van der Waals surface area contributed by atoms with Crippen molar-refractivity contribution in [3.8, 4) is 0 Å². The van der Waals surface area contributed by atoms with E-state index in [4.69, 9.17) is 0 Å². The average Bonchev–Trinajstić information content (AvgIpc) is 3.17.